The third kappa shape index (κ3) is 4.13. The molecule has 6 heteroatoms. The zero-order valence-corrected chi connectivity index (χ0v) is 11.7. The van der Waals surface area contributed by atoms with E-state index in [1.807, 2.05) is 6.92 Å². The molecule has 2 N–H and O–H groups in total. The van der Waals surface area contributed by atoms with Gasteiger partial charge in [0.2, 0.25) is 0 Å². The predicted octanol–water partition coefficient (Wildman–Crippen LogP) is 1.95. The molecule has 0 aliphatic rings. The molecule has 0 saturated heterocycles. The largest absolute Gasteiger partial charge is 0.468 e. The number of carbonyl (C=O) groups excluding carboxylic acids is 2. The fourth-order valence-corrected chi connectivity index (χ4v) is 1.72. The van der Waals surface area contributed by atoms with Gasteiger partial charge in [-0.3, -0.25) is 9.59 Å². The van der Waals surface area contributed by atoms with Crippen molar-refractivity contribution in [3.8, 4) is 0 Å². The van der Waals surface area contributed by atoms with Gasteiger partial charge in [0.05, 0.1) is 17.8 Å². The Bertz CT molecular complexity index is 477. The average molecular weight is 285 g/mol. The van der Waals surface area contributed by atoms with Crippen molar-refractivity contribution in [1.29, 1.82) is 0 Å². The highest BCUT2D eigenvalue weighted by Gasteiger charge is 2.19. The Morgan fingerprint density at radius 1 is 1.42 bits per heavy atom. The lowest BCUT2D eigenvalue weighted by Gasteiger charge is -2.21. The van der Waals surface area contributed by atoms with Crippen LogP contribution in [0.2, 0.25) is 5.02 Å². The molecule has 0 spiro atoms. The van der Waals surface area contributed by atoms with E-state index >= 15 is 0 Å². The molecule has 5 nitrogen and oxygen atoms in total. The van der Waals surface area contributed by atoms with Gasteiger partial charge in [-0.05, 0) is 24.6 Å². The first-order chi connectivity index (χ1) is 8.99. The predicted molar refractivity (Wildman–Crippen MR) is 74.1 cm³/mol. The molecule has 0 unspecified atom stereocenters. The van der Waals surface area contributed by atoms with Crippen LogP contribution in [0.3, 0.4) is 0 Å². The molecule has 1 rings (SSSR count). The first kappa shape index (κ1) is 15.3. The Balaban J connectivity index is 2.91. The molecule has 0 fully saturated rings. The van der Waals surface area contributed by atoms with Crippen LogP contribution in [-0.2, 0) is 9.53 Å². The van der Waals surface area contributed by atoms with E-state index in [2.05, 4.69) is 4.74 Å². The smallest absolute Gasteiger partial charge is 0.325 e. The van der Waals surface area contributed by atoms with Crippen molar-refractivity contribution in [3.05, 3.63) is 28.8 Å². The second-order valence-corrected chi connectivity index (χ2v) is 4.45. The number of nitrogen functional groups attached to an aromatic ring is 1. The molecule has 1 amide bonds. The number of hydrogen-bond acceptors (Lipinski definition) is 4. The second-order valence-electron chi connectivity index (χ2n) is 4.04. The minimum Gasteiger partial charge on any atom is -0.468 e. The molecular weight excluding hydrogens is 268 g/mol. The SMILES string of the molecule is CCCN(CC(=O)OC)C(=O)c1ccc(Cl)c(N)c1. The van der Waals surface area contributed by atoms with Crippen LogP contribution in [0.15, 0.2) is 18.2 Å². The van der Waals surface area contributed by atoms with Crippen LogP contribution in [0.25, 0.3) is 0 Å². The molecule has 0 atom stereocenters. The zero-order chi connectivity index (χ0) is 14.4. The number of ether oxygens (including phenoxy) is 1. The van der Waals surface area contributed by atoms with E-state index in [0.717, 1.165) is 6.42 Å². The number of esters is 1. The summed E-state index contributed by atoms with van der Waals surface area (Å²) in [7, 11) is 1.29. The number of methoxy groups -OCH3 is 1. The van der Waals surface area contributed by atoms with Crippen molar-refractivity contribution in [2.24, 2.45) is 0 Å². The first-order valence-corrected chi connectivity index (χ1v) is 6.28. The third-order valence-electron chi connectivity index (χ3n) is 2.57. The maximum Gasteiger partial charge on any atom is 0.325 e. The number of nitrogens with two attached hydrogens (primary N) is 1. The van der Waals surface area contributed by atoms with Crippen LogP contribution in [0.1, 0.15) is 23.7 Å². The van der Waals surface area contributed by atoms with Gasteiger partial charge in [0.1, 0.15) is 6.54 Å². The number of benzene rings is 1. The van der Waals surface area contributed by atoms with Crippen LogP contribution in [0.4, 0.5) is 5.69 Å². The minimum absolute atomic E-state index is 0.0777. The lowest BCUT2D eigenvalue weighted by Crippen LogP contribution is -2.36. The van der Waals surface area contributed by atoms with Crippen molar-refractivity contribution in [2.45, 2.75) is 13.3 Å². The number of amides is 1. The van der Waals surface area contributed by atoms with E-state index < -0.39 is 5.97 Å². The first-order valence-electron chi connectivity index (χ1n) is 5.90. The fourth-order valence-electron chi connectivity index (χ4n) is 1.60. The van der Waals surface area contributed by atoms with E-state index in [1.165, 1.54) is 18.1 Å². The minimum atomic E-state index is -0.455. The number of anilines is 1. The van der Waals surface area contributed by atoms with Crippen molar-refractivity contribution in [3.63, 3.8) is 0 Å². The number of nitrogens with zero attached hydrogens (tertiary/aromatic N) is 1. The van der Waals surface area contributed by atoms with Gasteiger partial charge in [-0.2, -0.15) is 0 Å². The number of halogens is 1. The fraction of sp³-hybridized carbons (Fsp3) is 0.385. The van der Waals surface area contributed by atoms with Crippen LogP contribution >= 0.6 is 11.6 Å². The van der Waals surface area contributed by atoms with Crippen molar-refractivity contribution in [1.82, 2.24) is 4.90 Å². The Morgan fingerprint density at radius 3 is 2.63 bits per heavy atom. The van der Waals surface area contributed by atoms with Crippen LogP contribution in [0.5, 0.6) is 0 Å². The molecule has 0 aliphatic heterocycles. The summed E-state index contributed by atoms with van der Waals surface area (Å²) in [6.45, 7) is 2.32. The molecule has 1 aromatic rings. The van der Waals surface area contributed by atoms with E-state index in [9.17, 15) is 9.59 Å². The summed E-state index contributed by atoms with van der Waals surface area (Å²) in [6.07, 6.45) is 0.742. The zero-order valence-electron chi connectivity index (χ0n) is 11.0. The van der Waals surface area contributed by atoms with Crippen LogP contribution in [-0.4, -0.2) is 37.0 Å². The molecule has 0 aliphatic carbocycles. The van der Waals surface area contributed by atoms with Gasteiger partial charge in [0.25, 0.3) is 5.91 Å². The van der Waals surface area contributed by atoms with Crippen molar-refractivity contribution in [2.75, 3.05) is 25.9 Å². The molecule has 19 heavy (non-hydrogen) atoms. The Morgan fingerprint density at radius 2 is 2.11 bits per heavy atom. The van der Waals surface area contributed by atoms with Gasteiger partial charge in [0.15, 0.2) is 0 Å². The van der Waals surface area contributed by atoms with Crippen molar-refractivity contribution >= 4 is 29.2 Å². The normalized spacial score (nSPS) is 10.1. The van der Waals surface area contributed by atoms with E-state index in [0.29, 0.717) is 22.8 Å². The molecule has 0 radical (unpaired) electrons. The molecule has 0 saturated carbocycles. The maximum absolute atomic E-state index is 12.3. The third-order valence-corrected chi connectivity index (χ3v) is 2.92. The van der Waals surface area contributed by atoms with Crippen LogP contribution < -0.4 is 5.73 Å². The Hall–Kier alpha value is -1.75. The summed E-state index contributed by atoms with van der Waals surface area (Å²) in [5.74, 6) is -0.723. The highest BCUT2D eigenvalue weighted by molar-refractivity contribution is 6.33. The van der Waals surface area contributed by atoms with Gasteiger partial charge >= 0.3 is 5.97 Å². The monoisotopic (exact) mass is 284 g/mol. The van der Waals surface area contributed by atoms with Gasteiger partial charge in [-0.15, -0.1) is 0 Å². The molecular formula is C13H17ClN2O3. The summed E-state index contributed by atoms with van der Waals surface area (Å²) in [5.41, 5.74) is 6.40. The van der Waals surface area contributed by atoms with Crippen LogP contribution in [0, 0.1) is 0 Å². The van der Waals surface area contributed by atoms with Crippen molar-refractivity contribution < 1.29 is 14.3 Å². The second kappa shape index (κ2) is 6.99. The average Bonchev–Trinajstić information content (AvgIpc) is 2.40. The topological polar surface area (TPSA) is 72.6 Å². The summed E-state index contributed by atoms with van der Waals surface area (Å²) < 4.78 is 4.58. The van der Waals surface area contributed by atoms with Gasteiger partial charge < -0.3 is 15.4 Å². The van der Waals surface area contributed by atoms with Gasteiger partial charge in [-0.1, -0.05) is 18.5 Å². The maximum atomic E-state index is 12.3. The standard InChI is InChI=1S/C13H17ClN2O3/c1-3-6-16(8-12(17)19-2)13(18)9-4-5-10(14)11(15)7-9/h4-5,7H,3,6,8,15H2,1-2H3. The van der Waals surface area contributed by atoms with E-state index in [4.69, 9.17) is 17.3 Å². The molecule has 0 heterocycles. The quantitative estimate of drug-likeness (QED) is 0.662. The highest BCUT2D eigenvalue weighted by atomic mass is 35.5. The van der Waals surface area contributed by atoms with E-state index in [1.54, 1.807) is 12.1 Å². The van der Waals surface area contributed by atoms with E-state index in [-0.39, 0.29) is 12.5 Å². The summed E-state index contributed by atoms with van der Waals surface area (Å²) in [4.78, 5) is 25.0. The summed E-state index contributed by atoms with van der Waals surface area (Å²) in [5, 5.41) is 0.395. The molecule has 104 valence electrons. The summed E-state index contributed by atoms with van der Waals surface area (Å²) in [6, 6.07) is 4.65. The highest BCUT2D eigenvalue weighted by Crippen LogP contribution is 2.20. The lowest BCUT2D eigenvalue weighted by molar-refractivity contribution is -0.141. The molecule has 1 aromatic carbocycles. The summed E-state index contributed by atoms with van der Waals surface area (Å²) >= 11 is 5.81. The number of carbonyl (C=O) groups is 2. The number of rotatable bonds is 5. The Labute approximate surface area is 117 Å². The molecule has 0 aromatic heterocycles. The lowest BCUT2D eigenvalue weighted by atomic mass is 10.1. The van der Waals surface area contributed by atoms with Gasteiger partial charge in [0, 0.05) is 12.1 Å². The Kier molecular flexibility index (Phi) is 5.63. The molecule has 0 bridgehead atoms. The van der Waals surface area contributed by atoms with Gasteiger partial charge in [-0.25, -0.2) is 0 Å². The number of hydrogen-bond donors (Lipinski definition) is 1.